The van der Waals surface area contributed by atoms with Gasteiger partial charge in [0.25, 0.3) is 0 Å². The fraction of sp³-hybridized carbons (Fsp3) is 0.533. The number of benzene rings is 1. The normalized spacial score (nSPS) is 16.6. The van der Waals surface area contributed by atoms with Crippen LogP contribution < -0.4 is 10.6 Å². The molecule has 0 bridgehead atoms. The Kier molecular flexibility index (Phi) is 5.85. The van der Waals surface area contributed by atoms with Crippen molar-refractivity contribution in [1.29, 1.82) is 0 Å². The highest BCUT2D eigenvalue weighted by Gasteiger charge is 2.17. The van der Waals surface area contributed by atoms with Crippen LogP contribution in [0.15, 0.2) is 18.2 Å². The number of anilines is 1. The molecule has 1 aromatic rings. The zero-order chi connectivity index (χ0) is 15.2. The molecule has 21 heavy (non-hydrogen) atoms. The minimum atomic E-state index is -0.657. The minimum absolute atomic E-state index is 0.337. The first-order valence-electron chi connectivity index (χ1n) is 7.15. The van der Waals surface area contributed by atoms with Gasteiger partial charge >= 0.3 is 5.97 Å². The van der Waals surface area contributed by atoms with E-state index in [1.807, 2.05) is 18.2 Å². The number of carbonyl (C=O) groups excluding carboxylic acids is 1. The number of hydrogen-bond donors (Lipinski definition) is 1. The lowest BCUT2D eigenvalue weighted by Crippen LogP contribution is -2.36. The van der Waals surface area contributed by atoms with E-state index in [1.54, 1.807) is 6.92 Å². The summed E-state index contributed by atoms with van der Waals surface area (Å²) >= 11 is 6.35. The first kappa shape index (κ1) is 16.1. The van der Waals surface area contributed by atoms with Crippen LogP contribution in [0.5, 0.6) is 0 Å². The number of esters is 1. The number of morpholine rings is 1. The summed E-state index contributed by atoms with van der Waals surface area (Å²) in [5.74, 6) is -0.383. The predicted octanol–water partition coefficient (Wildman–Crippen LogP) is 1.61. The molecule has 0 aromatic heterocycles. The fourth-order valence-electron chi connectivity index (χ4n) is 2.32. The average Bonchev–Trinajstić information content (AvgIpc) is 2.48. The molecule has 0 aliphatic carbocycles. The van der Waals surface area contributed by atoms with Crippen LogP contribution in [0.2, 0.25) is 5.02 Å². The quantitative estimate of drug-likeness (QED) is 0.837. The highest BCUT2D eigenvalue weighted by molar-refractivity contribution is 6.33. The van der Waals surface area contributed by atoms with E-state index >= 15 is 0 Å². The number of carbonyl (C=O) groups is 1. The summed E-state index contributed by atoms with van der Waals surface area (Å²) in [5.41, 5.74) is 7.74. The third-order valence-corrected chi connectivity index (χ3v) is 3.71. The largest absolute Gasteiger partial charge is 0.465 e. The summed E-state index contributed by atoms with van der Waals surface area (Å²) in [4.78, 5) is 13.7. The molecular weight excluding hydrogens is 292 g/mol. The monoisotopic (exact) mass is 312 g/mol. The maximum absolute atomic E-state index is 11.5. The Balaban J connectivity index is 2.03. The van der Waals surface area contributed by atoms with Gasteiger partial charge < -0.3 is 20.1 Å². The van der Waals surface area contributed by atoms with E-state index in [-0.39, 0.29) is 5.97 Å². The molecule has 1 aliphatic rings. The van der Waals surface area contributed by atoms with Crippen molar-refractivity contribution in [2.24, 2.45) is 5.73 Å². The second-order valence-corrected chi connectivity index (χ2v) is 5.36. The Morgan fingerprint density at radius 1 is 1.48 bits per heavy atom. The van der Waals surface area contributed by atoms with Crippen LogP contribution in [0.4, 0.5) is 5.69 Å². The molecule has 1 atom stereocenters. The molecule has 0 radical (unpaired) electrons. The average molecular weight is 313 g/mol. The SMILES string of the molecule is CCOC(=O)C(N)Cc1ccc(N2CCOCC2)c(Cl)c1. The molecule has 0 amide bonds. The van der Waals surface area contributed by atoms with E-state index in [2.05, 4.69) is 4.90 Å². The van der Waals surface area contributed by atoms with Crippen molar-refractivity contribution >= 4 is 23.3 Å². The van der Waals surface area contributed by atoms with Crippen molar-refractivity contribution in [3.05, 3.63) is 28.8 Å². The second kappa shape index (κ2) is 7.64. The van der Waals surface area contributed by atoms with Gasteiger partial charge in [0.1, 0.15) is 6.04 Å². The van der Waals surface area contributed by atoms with Gasteiger partial charge in [-0.3, -0.25) is 4.79 Å². The molecule has 6 heteroatoms. The maximum Gasteiger partial charge on any atom is 0.323 e. The third kappa shape index (κ3) is 4.33. The maximum atomic E-state index is 11.5. The molecule has 2 rings (SSSR count). The molecule has 1 aromatic carbocycles. The van der Waals surface area contributed by atoms with Gasteiger partial charge in [-0.1, -0.05) is 17.7 Å². The molecule has 5 nitrogen and oxygen atoms in total. The van der Waals surface area contributed by atoms with Gasteiger partial charge in [0.05, 0.1) is 30.5 Å². The Morgan fingerprint density at radius 3 is 2.81 bits per heavy atom. The molecular formula is C15H21ClN2O3. The van der Waals surface area contributed by atoms with Gasteiger partial charge in [0.2, 0.25) is 0 Å². The predicted molar refractivity (Wildman–Crippen MR) is 82.8 cm³/mol. The molecule has 1 saturated heterocycles. The molecule has 1 heterocycles. The Morgan fingerprint density at radius 2 is 2.19 bits per heavy atom. The first-order valence-corrected chi connectivity index (χ1v) is 7.53. The van der Waals surface area contributed by atoms with Crippen LogP contribution in [-0.2, 0) is 20.7 Å². The standard InChI is InChI=1S/C15H21ClN2O3/c1-2-21-15(19)13(17)10-11-3-4-14(12(16)9-11)18-5-7-20-8-6-18/h3-4,9,13H,2,5-8,10,17H2,1H3. The molecule has 1 unspecified atom stereocenters. The third-order valence-electron chi connectivity index (χ3n) is 3.41. The number of halogens is 1. The molecule has 1 aliphatic heterocycles. The first-order chi connectivity index (χ1) is 10.1. The van der Waals surface area contributed by atoms with Crippen LogP contribution in [0.3, 0.4) is 0 Å². The van der Waals surface area contributed by atoms with Crippen molar-refractivity contribution in [1.82, 2.24) is 0 Å². The summed E-state index contributed by atoms with van der Waals surface area (Å²) in [6, 6.07) is 5.14. The summed E-state index contributed by atoms with van der Waals surface area (Å²) < 4.78 is 10.2. The highest BCUT2D eigenvalue weighted by Crippen LogP contribution is 2.28. The van der Waals surface area contributed by atoms with Gasteiger partial charge in [-0.2, -0.15) is 0 Å². The van der Waals surface area contributed by atoms with Crippen molar-refractivity contribution in [3.8, 4) is 0 Å². The van der Waals surface area contributed by atoms with Gasteiger partial charge in [-0.15, -0.1) is 0 Å². The molecule has 2 N–H and O–H groups in total. The van der Waals surface area contributed by atoms with Gasteiger partial charge in [-0.05, 0) is 31.0 Å². The lowest BCUT2D eigenvalue weighted by atomic mass is 10.1. The van der Waals surface area contributed by atoms with Gasteiger partial charge in [-0.25, -0.2) is 0 Å². The summed E-state index contributed by atoms with van der Waals surface area (Å²) in [6.07, 6.45) is 0.419. The van der Waals surface area contributed by atoms with Crippen LogP contribution in [-0.4, -0.2) is 44.9 Å². The second-order valence-electron chi connectivity index (χ2n) is 4.95. The number of ether oxygens (including phenoxy) is 2. The Hall–Kier alpha value is -1.30. The topological polar surface area (TPSA) is 64.8 Å². The number of rotatable bonds is 5. The van der Waals surface area contributed by atoms with Gasteiger partial charge in [0.15, 0.2) is 0 Å². The number of nitrogens with zero attached hydrogens (tertiary/aromatic N) is 1. The smallest absolute Gasteiger partial charge is 0.323 e. The molecule has 116 valence electrons. The summed E-state index contributed by atoms with van der Waals surface area (Å²) in [5, 5.41) is 0.672. The molecule has 0 saturated carbocycles. The molecule has 0 spiro atoms. The van der Waals surface area contributed by atoms with Crippen LogP contribution >= 0.6 is 11.6 Å². The van der Waals surface area contributed by atoms with E-state index in [0.717, 1.165) is 24.3 Å². The lowest BCUT2D eigenvalue weighted by Gasteiger charge is -2.29. The fourth-order valence-corrected chi connectivity index (χ4v) is 2.65. The van der Waals surface area contributed by atoms with Crippen molar-refractivity contribution in [2.45, 2.75) is 19.4 Å². The number of hydrogen-bond acceptors (Lipinski definition) is 5. The Labute approximate surface area is 130 Å². The van der Waals surface area contributed by atoms with Crippen LogP contribution in [0.25, 0.3) is 0 Å². The van der Waals surface area contributed by atoms with Crippen molar-refractivity contribution < 1.29 is 14.3 Å². The zero-order valence-corrected chi connectivity index (χ0v) is 12.9. The van der Waals surface area contributed by atoms with E-state index in [0.29, 0.717) is 31.3 Å². The van der Waals surface area contributed by atoms with Crippen molar-refractivity contribution in [3.63, 3.8) is 0 Å². The van der Waals surface area contributed by atoms with E-state index in [9.17, 15) is 4.79 Å². The highest BCUT2D eigenvalue weighted by atomic mass is 35.5. The van der Waals surface area contributed by atoms with Gasteiger partial charge in [0, 0.05) is 13.1 Å². The van der Waals surface area contributed by atoms with Crippen LogP contribution in [0.1, 0.15) is 12.5 Å². The van der Waals surface area contributed by atoms with Crippen LogP contribution in [0, 0.1) is 0 Å². The van der Waals surface area contributed by atoms with E-state index in [4.69, 9.17) is 26.8 Å². The van der Waals surface area contributed by atoms with E-state index in [1.165, 1.54) is 0 Å². The number of nitrogens with two attached hydrogens (primary N) is 1. The zero-order valence-electron chi connectivity index (χ0n) is 12.2. The van der Waals surface area contributed by atoms with Crippen molar-refractivity contribution in [2.75, 3.05) is 37.8 Å². The molecule has 1 fully saturated rings. The summed E-state index contributed by atoms with van der Waals surface area (Å²) in [7, 11) is 0. The summed E-state index contributed by atoms with van der Waals surface area (Å²) in [6.45, 7) is 5.20. The minimum Gasteiger partial charge on any atom is -0.465 e. The van der Waals surface area contributed by atoms with E-state index < -0.39 is 6.04 Å². The lowest BCUT2D eigenvalue weighted by molar-refractivity contribution is -0.144. The Bertz CT molecular complexity index is 490.